The Morgan fingerprint density at radius 1 is 1.53 bits per heavy atom. The van der Waals surface area contributed by atoms with Gasteiger partial charge in [-0.3, -0.25) is 0 Å². The van der Waals surface area contributed by atoms with Crippen molar-refractivity contribution in [1.29, 1.82) is 5.26 Å². The Labute approximate surface area is 101 Å². The van der Waals surface area contributed by atoms with Crippen molar-refractivity contribution in [3.05, 3.63) is 29.3 Å². The minimum absolute atomic E-state index is 0.0403. The van der Waals surface area contributed by atoms with E-state index < -0.39 is 16.1 Å². The Morgan fingerprint density at radius 2 is 2.18 bits per heavy atom. The van der Waals surface area contributed by atoms with Gasteiger partial charge in [-0.15, -0.1) is 0 Å². The highest BCUT2D eigenvalue weighted by Crippen LogP contribution is 2.14. The minimum atomic E-state index is -3.62. The van der Waals surface area contributed by atoms with E-state index in [1.165, 1.54) is 25.1 Å². The van der Waals surface area contributed by atoms with Crippen molar-refractivity contribution in [2.24, 2.45) is 0 Å². The molecule has 1 atom stereocenters. The fourth-order valence-electron chi connectivity index (χ4n) is 1.24. The van der Waals surface area contributed by atoms with Gasteiger partial charge in [0, 0.05) is 6.54 Å². The predicted octanol–water partition coefficient (Wildman–Crippen LogP) is 0.526. The molecular formula is C11H14N2O3S. The summed E-state index contributed by atoms with van der Waals surface area (Å²) in [5, 5.41) is 17.8. The molecule has 1 unspecified atom stereocenters. The maximum Gasteiger partial charge on any atom is 0.240 e. The number of aliphatic hydroxyl groups is 1. The molecule has 5 nitrogen and oxygen atoms in total. The standard InChI is InChI=1S/C11H14N2O3S/c1-8-5-11(4-3-10(8)6-12)17(15,16)13-7-9(2)14/h3-5,9,13-14H,7H2,1-2H3. The van der Waals surface area contributed by atoms with Gasteiger partial charge in [0.1, 0.15) is 0 Å². The van der Waals surface area contributed by atoms with Gasteiger partial charge in [0.15, 0.2) is 0 Å². The summed E-state index contributed by atoms with van der Waals surface area (Å²) in [4.78, 5) is 0.0923. The molecule has 1 aromatic rings. The third-order valence-electron chi connectivity index (χ3n) is 2.20. The SMILES string of the molecule is Cc1cc(S(=O)(=O)NCC(C)O)ccc1C#N. The molecule has 0 aliphatic heterocycles. The molecule has 0 spiro atoms. The normalized spacial score (nSPS) is 13.1. The summed E-state index contributed by atoms with van der Waals surface area (Å²) in [7, 11) is -3.62. The third kappa shape index (κ3) is 3.53. The smallest absolute Gasteiger partial charge is 0.240 e. The van der Waals surface area contributed by atoms with Crippen molar-refractivity contribution in [2.45, 2.75) is 24.8 Å². The quantitative estimate of drug-likeness (QED) is 0.820. The summed E-state index contributed by atoms with van der Waals surface area (Å²) in [6.07, 6.45) is -0.746. The van der Waals surface area contributed by atoms with E-state index in [0.29, 0.717) is 11.1 Å². The Balaban J connectivity index is 3.01. The van der Waals surface area contributed by atoms with Crippen molar-refractivity contribution in [2.75, 3.05) is 6.54 Å². The molecule has 1 rings (SSSR count). The van der Waals surface area contributed by atoms with Crippen LogP contribution in [0.2, 0.25) is 0 Å². The lowest BCUT2D eigenvalue weighted by atomic mass is 10.1. The van der Waals surface area contributed by atoms with Crippen LogP contribution in [0.15, 0.2) is 23.1 Å². The largest absolute Gasteiger partial charge is 0.392 e. The molecule has 1 aromatic carbocycles. The summed E-state index contributed by atoms with van der Waals surface area (Å²) in [6.45, 7) is 3.13. The van der Waals surface area contributed by atoms with Crippen LogP contribution < -0.4 is 4.72 Å². The summed E-state index contributed by atoms with van der Waals surface area (Å²) in [5.74, 6) is 0. The van der Waals surface area contributed by atoms with Crippen molar-refractivity contribution in [3.8, 4) is 6.07 Å². The fraction of sp³-hybridized carbons (Fsp3) is 0.364. The van der Waals surface area contributed by atoms with E-state index in [1.54, 1.807) is 6.92 Å². The van der Waals surface area contributed by atoms with Crippen LogP contribution in [0.25, 0.3) is 0 Å². The zero-order valence-electron chi connectivity index (χ0n) is 9.64. The van der Waals surface area contributed by atoms with Crippen LogP contribution in [-0.4, -0.2) is 26.2 Å². The van der Waals surface area contributed by atoms with E-state index in [-0.39, 0.29) is 11.4 Å². The molecule has 0 aromatic heterocycles. The zero-order chi connectivity index (χ0) is 13.1. The predicted molar refractivity (Wildman–Crippen MR) is 62.8 cm³/mol. The molecule has 0 bridgehead atoms. The number of nitrogens with zero attached hydrogens (tertiary/aromatic N) is 1. The fourth-order valence-corrected chi connectivity index (χ4v) is 2.45. The average molecular weight is 254 g/mol. The summed E-state index contributed by atoms with van der Waals surface area (Å²) in [6, 6.07) is 6.24. The minimum Gasteiger partial charge on any atom is -0.392 e. The van der Waals surface area contributed by atoms with Gasteiger partial charge in [0.25, 0.3) is 0 Å². The number of aliphatic hydroxyl groups excluding tert-OH is 1. The highest BCUT2D eigenvalue weighted by molar-refractivity contribution is 7.89. The Bertz CT molecular complexity index is 544. The summed E-state index contributed by atoms with van der Waals surface area (Å²) < 4.78 is 25.8. The molecule has 0 amide bonds. The van der Waals surface area contributed by atoms with Gasteiger partial charge in [0.2, 0.25) is 10.0 Å². The number of hydrogen-bond donors (Lipinski definition) is 2. The molecule has 0 saturated carbocycles. The molecule has 17 heavy (non-hydrogen) atoms. The number of nitriles is 1. The van der Waals surface area contributed by atoms with Gasteiger partial charge < -0.3 is 5.11 Å². The van der Waals surface area contributed by atoms with E-state index in [4.69, 9.17) is 10.4 Å². The van der Waals surface area contributed by atoms with E-state index >= 15 is 0 Å². The Morgan fingerprint density at radius 3 is 2.65 bits per heavy atom. The lowest BCUT2D eigenvalue weighted by molar-refractivity contribution is 0.198. The van der Waals surface area contributed by atoms with Gasteiger partial charge in [-0.05, 0) is 37.6 Å². The molecule has 92 valence electrons. The molecule has 6 heteroatoms. The first kappa shape index (κ1) is 13.6. The van der Waals surface area contributed by atoms with Gasteiger partial charge in [-0.2, -0.15) is 5.26 Å². The number of rotatable bonds is 4. The van der Waals surface area contributed by atoms with Crippen LogP contribution in [0.3, 0.4) is 0 Å². The first-order valence-corrected chi connectivity index (χ1v) is 6.53. The van der Waals surface area contributed by atoms with Crippen molar-refractivity contribution >= 4 is 10.0 Å². The number of hydrogen-bond acceptors (Lipinski definition) is 4. The van der Waals surface area contributed by atoms with Gasteiger partial charge in [-0.25, -0.2) is 13.1 Å². The second kappa shape index (κ2) is 5.27. The first-order chi connectivity index (χ1) is 7.86. The lowest BCUT2D eigenvalue weighted by Crippen LogP contribution is -2.30. The third-order valence-corrected chi connectivity index (χ3v) is 3.62. The van der Waals surface area contributed by atoms with E-state index in [9.17, 15) is 8.42 Å². The summed E-state index contributed by atoms with van der Waals surface area (Å²) >= 11 is 0. The maximum atomic E-state index is 11.8. The number of benzene rings is 1. The highest BCUT2D eigenvalue weighted by atomic mass is 32.2. The second-order valence-corrected chi connectivity index (χ2v) is 5.56. The second-order valence-electron chi connectivity index (χ2n) is 3.79. The molecular weight excluding hydrogens is 240 g/mol. The molecule has 0 saturated heterocycles. The van der Waals surface area contributed by atoms with Crippen LogP contribution in [0.1, 0.15) is 18.1 Å². The van der Waals surface area contributed by atoms with Crippen molar-refractivity contribution in [1.82, 2.24) is 4.72 Å². The van der Waals surface area contributed by atoms with Gasteiger partial charge in [0.05, 0.1) is 22.6 Å². The topological polar surface area (TPSA) is 90.2 Å². The van der Waals surface area contributed by atoms with Crippen LogP contribution in [-0.2, 0) is 10.0 Å². The van der Waals surface area contributed by atoms with Gasteiger partial charge in [-0.1, -0.05) is 0 Å². The number of nitrogens with one attached hydrogen (secondary N) is 1. The van der Waals surface area contributed by atoms with Crippen LogP contribution in [0, 0.1) is 18.3 Å². The van der Waals surface area contributed by atoms with Crippen LogP contribution in [0.4, 0.5) is 0 Å². The number of aryl methyl sites for hydroxylation is 1. The maximum absolute atomic E-state index is 11.8. The number of sulfonamides is 1. The van der Waals surface area contributed by atoms with Gasteiger partial charge >= 0.3 is 0 Å². The van der Waals surface area contributed by atoms with Crippen molar-refractivity contribution < 1.29 is 13.5 Å². The summed E-state index contributed by atoms with van der Waals surface area (Å²) in [5.41, 5.74) is 1.05. The lowest BCUT2D eigenvalue weighted by Gasteiger charge is -2.09. The Kier molecular flexibility index (Phi) is 4.23. The highest BCUT2D eigenvalue weighted by Gasteiger charge is 2.15. The van der Waals surface area contributed by atoms with E-state index in [0.717, 1.165) is 0 Å². The zero-order valence-corrected chi connectivity index (χ0v) is 10.5. The van der Waals surface area contributed by atoms with E-state index in [1.807, 2.05) is 6.07 Å². The monoisotopic (exact) mass is 254 g/mol. The molecule has 0 aliphatic carbocycles. The van der Waals surface area contributed by atoms with Crippen LogP contribution >= 0.6 is 0 Å². The average Bonchev–Trinajstić information content (AvgIpc) is 2.26. The van der Waals surface area contributed by atoms with Crippen molar-refractivity contribution in [3.63, 3.8) is 0 Å². The molecule has 0 heterocycles. The Hall–Kier alpha value is -1.42. The van der Waals surface area contributed by atoms with Crippen LogP contribution in [0.5, 0.6) is 0 Å². The molecule has 0 radical (unpaired) electrons. The molecule has 0 fully saturated rings. The first-order valence-electron chi connectivity index (χ1n) is 5.05. The molecule has 0 aliphatic rings. The molecule has 2 N–H and O–H groups in total. The van der Waals surface area contributed by atoms with E-state index in [2.05, 4.69) is 4.72 Å².